The fraction of sp³-hybridized carbons (Fsp3) is 0.0714. The zero-order valence-electron chi connectivity index (χ0n) is 10.0. The summed E-state index contributed by atoms with van der Waals surface area (Å²) in [7, 11) is 0. The molecule has 2 aromatic carbocycles. The van der Waals surface area contributed by atoms with Crippen LogP contribution in [0.25, 0.3) is 22.4 Å². The number of rotatable bonds is 1. The molecule has 3 aromatic rings. The average molecular weight is 253 g/mol. The second-order valence-corrected chi connectivity index (χ2v) is 4.40. The first kappa shape index (κ1) is 10.3. The Morgan fingerprint density at radius 2 is 2.11 bits per heavy atom. The number of aromatic nitrogens is 2. The molecule has 0 aliphatic carbocycles. The summed E-state index contributed by atoms with van der Waals surface area (Å²) in [6.07, 6.45) is 0. The van der Waals surface area contributed by atoms with Crippen LogP contribution in [0.15, 0.2) is 36.4 Å². The first-order valence-electron chi connectivity index (χ1n) is 5.95. The topological polar surface area (TPSA) is 73.2 Å². The van der Waals surface area contributed by atoms with Crippen LogP contribution in [-0.4, -0.2) is 16.8 Å². The quantitative estimate of drug-likeness (QED) is 0.654. The van der Waals surface area contributed by atoms with E-state index in [1.165, 1.54) is 0 Å². The molecule has 5 heteroatoms. The van der Waals surface area contributed by atoms with E-state index in [9.17, 15) is 0 Å². The Labute approximate surface area is 109 Å². The van der Waals surface area contributed by atoms with Crippen molar-refractivity contribution in [2.24, 2.45) is 0 Å². The standard InChI is InChI=1S/C14H11N3O2/c15-8-4-5-10-11(6-8)17-14(16-10)9-2-1-3-12-13(9)19-7-18-12/h1-6H,7,15H2,(H,16,17). The van der Waals surface area contributed by atoms with Crippen molar-refractivity contribution in [1.82, 2.24) is 9.97 Å². The summed E-state index contributed by atoms with van der Waals surface area (Å²) >= 11 is 0. The van der Waals surface area contributed by atoms with Gasteiger partial charge in [0.25, 0.3) is 0 Å². The molecule has 4 rings (SSSR count). The molecule has 0 saturated heterocycles. The lowest BCUT2D eigenvalue weighted by molar-refractivity contribution is 0.174. The lowest BCUT2D eigenvalue weighted by Crippen LogP contribution is -1.93. The number of fused-ring (bicyclic) bond motifs is 2. The number of hydrogen-bond donors (Lipinski definition) is 2. The molecule has 0 saturated carbocycles. The Bertz CT molecular complexity index is 779. The maximum Gasteiger partial charge on any atom is 0.231 e. The highest BCUT2D eigenvalue weighted by atomic mass is 16.7. The summed E-state index contributed by atoms with van der Waals surface area (Å²) in [4.78, 5) is 7.82. The largest absolute Gasteiger partial charge is 0.454 e. The summed E-state index contributed by atoms with van der Waals surface area (Å²) < 4.78 is 10.9. The maximum absolute atomic E-state index is 5.76. The number of anilines is 1. The maximum atomic E-state index is 5.76. The van der Waals surface area contributed by atoms with Gasteiger partial charge in [0.05, 0.1) is 16.6 Å². The zero-order valence-corrected chi connectivity index (χ0v) is 10.0. The summed E-state index contributed by atoms with van der Waals surface area (Å²) in [6.45, 7) is 0.250. The monoisotopic (exact) mass is 253 g/mol. The minimum atomic E-state index is 0.250. The van der Waals surface area contributed by atoms with Crippen molar-refractivity contribution in [3.05, 3.63) is 36.4 Å². The third-order valence-corrected chi connectivity index (χ3v) is 3.16. The van der Waals surface area contributed by atoms with Crippen molar-refractivity contribution in [3.63, 3.8) is 0 Å². The molecule has 1 aliphatic heterocycles. The number of ether oxygens (including phenoxy) is 2. The zero-order chi connectivity index (χ0) is 12.8. The highest BCUT2D eigenvalue weighted by Gasteiger charge is 2.20. The van der Waals surface area contributed by atoms with E-state index in [4.69, 9.17) is 15.2 Å². The van der Waals surface area contributed by atoms with Gasteiger partial charge in [0, 0.05) is 5.69 Å². The highest BCUT2D eigenvalue weighted by Crippen LogP contribution is 2.40. The van der Waals surface area contributed by atoms with Gasteiger partial charge in [-0.2, -0.15) is 0 Å². The Morgan fingerprint density at radius 3 is 3.05 bits per heavy atom. The molecular weight excluding hydrogens is 242 g/mol. The summed E-state index contributed by atoms with van der Waals surface area (Å²) in [5.74, 6) is 2.23. The molecule has 1 aromatic heterocycles. The molecule has 0 bridgehead atoms. The van der Waals surface area contributed by atoms with E-state index in [1.807, 2.05) is 36.4 Å². The molecule has 0 amide bonds. The van der Waals surface area contributed by atoms with Crippen molar-refractivity contribution >= 4 is 16.7 Å². The molecule has 0 radical (unpaired) electrons. The van der Waals surface area contributed by atoms with E-state index in [-0.39, 0.29) is 6.79 Å². The third kappa shape index (κ3) is 1.52. The van der Waals surface area contributed by atoms with Gasteiger partial charge in [0.2, 0.25) is 6.79 Å². The number of aromatic amines is 1. The van der Waals surface area contributed by atoms with E-state index in [0.29, 0.717) is 5.69 Å². The Kier molecular flexibility index (Phi) is 1.97. The third-order valence-electron chi connectivity index (χ3n) is 3.16. The highest BCUT2D eigenvalue weighted by molar-refractivity contribution is 5.83. The van der Waals surface area contributed by atoms with E-state index in [2.05, 4.69) is 9.97 Å². The van der Waals surface area contributed by atoms with Crippen LogP contribution in [0, 0.1) is 0 Å². The molecule has 1 aliphatic rings. The fourth-order valence-corrected chi connectivity index (χ4v) is 2.27. The number of nitrogens with zero attached hydrogens (tertiary/aromatic N) is 1. The van der Waals surface area contributed by atoms with Crippen LogP contribution >= 0.6 is 0 Å². The lowest BCUT2D eigenvalue weighted by Gasteiger charge is -2.01. The molecular formula is C14H11N3O2. The number of nitrogens with one attached hydrogen (secondary N) is 1. The number of benzene rings is 2. The van der Waals surface area contributed by atoms with Gasteiger partial charge in [0.1, 0.15) is 5.82 Å². The van der Waals surface area contributed by atoms with Crippen molar-refractivity contribution in [2.45, 2.75) is 0 Å². The van der Waals surface area contributed by atoms with Gasteiger partial charge in [-0.1, -0.05) is 6.07 Å². The van der Waals surface area contributed by atoms with E-state index >= 15 is 0 Å². The fourth-order valence-electron chi connectivity index (χ4n) is 2.27. The van der Waals surface area contributed by atoms with Gasteiger partial charge < -0.3 is 20.2 Å². The average Bonchev–Trinajstić information content (AvgIpc) is 3.03. The van der Waals surface area contributed by atoms with Crippen LogP contribution < -0.4 is 15.2 Å². The van der Waals surface area contributed by atoms with Gasteiger partial charge in [-0.25, -0.2) is 4.98 Å². The molecule has 3 N–H and O–H groups in total. The van der Waals surface area contributed by atoms with Crippen LogP contribution in [0.1, 0.15) is 0 Å². The SMILES string of the molecule is Nc1ccc2[nH]c(-c3cccc4c3OCO4)nc2c1. The minimum absolute atomic E-state index is 0.250. The Balaban J connectivity index is 1.93. The molecule has 0 fully saturated rings. The second kappa shape index (κ2) is 3.65. The lowest BCUT2D eigenvalue weighted by atomic mass is 10.2. The molecule has 0 unspecified atom stereocenters. The second-order valence-electron chi connectivity index (χ2n) is 4.40. The van der Waals surface area contributed by atoms with Gasteiger partial charge in [0.15, 0.2) is 11.5 Å². The van der Waals surface area contributed by atoms with E-state index in [0.717, 1.165) is 33.9 Å². The number of hydrogen-bond acceptors (Lipinski definition) is 4. The minimum Gasteiger partial charge on any atom is -0.454 e. The number of imidazole rings is 1. The predicted molar refractivity (Wildman–Crippen MR) is 72.1 cm³/mol. The molecule has 0 spiro atoms. The van der Waals surface area contributed by atoms with Crippen molar-refractivity contribution in [2.75, 3.05) is 12.5 Å². The van der Waals surface area contributed by atoms with Crippen molar-refractivity contribution in [3.8, 4) is 22.9 Å². The van der Waals surface area contributed by atoms with E-state index < -0.39 is 0 Å². The molecule has 2 heterocycles. The van der Waals surface area contributed by atoms with Crippen LogP contribution in [0.4, 0.5) is 5.69 Å². The summed E-state index contributed by atoms with van der Waals surface area (Å²) in [5, 5.41) is 0. The number of para-hydroxylation sites is 1. The van der Waals surface area contributed by atoms with Gasteiger partial charge in [-0.05, 0) is 30.3 Å². The summed E-state index contributed by atoms with van der Waals surface area (Å²) in [5.41, 5.74) is 9.14. The van der Waals surface area contributed by atoms with Crippen LogP contribution in [0.5, 0.6) is 11.5 Å². The first-order chi connectivity index (χ1) is 9.31. The van der Waals surface area contributed by atoms with Crippen molar-refractivity contribution in [1.29, 1.82) is 0 Å². The number of nitrogens with two attached hydrogens (primary N) is 1. The van der Waals surface area contributed by atoms with Gasteiger partial charge >= 0.3 is 0 Å². The molecule has 0 atom stereocenters. The van der Waals surface area contributed by atoms with Gasteiger partial charge in [-0.15, -0.1) is 0 Å². The first-order valence-corrected chi connectivity index (χ1v) is 5.95. The molecule has 19 heavy (non-hydrogen) atoms. The van der Waals surface area contributed by atoms with Crippen molar-refractivity contribution < 1.29 is 9.47 Å². The predicted octanol–water partition coefficient (Wildman–Crippen LogP) is 2.54. The Morgan fingerprint density at radius 1 is 1.16 bits per heavy atom. The van der Waals surface area contributed by atoms with Crippen LogP contribution in [0.3, 0.4) is 0 Å². The van der Waals surface area contributed by atoms with Crippen LogP contribution in [-0.2, 0) is 0 Å². The Hall–Kier alpha value is -2.69. The molecule has 94 valence electrons. The van der Waals surface area contributed by atoms with Gasteiger partial charge in [-0.3, -0.25) is 0 Å². The normalized spacial score (nSPS) is 13.1. The number of H-pyrrole nitrogens is 1. The molecule has 5 nitrogen and oxygen atoms in total. The smallest absolute Gasteiger partial charge is 0.231 e. The van der Waals surface area contributed by atoms with E-state index in [1.54, 1.807) is 0 Å². The van der Waals surface area contributed by atoms with Crippen LogP contribution in [0.2, 0.25) is 0 Å². The number of nitrogen functional groups attached to an aromatic ring is 1. The summed E-state index contributed by atoms with van der Waals surface area (Å²) in [6, 6.07) is 11.4.